The number of hydrogen-bond acceptors (Lipinski definition) is 4. The first-order valence-corrected chi connectivity index (χ1v) is 10.4. The number of carboxylic acid groups (broad SMARTS) is 1. The maximum atomic E-state index is 13.0. The minimum absolute atomic E-state index is 0.0613. The summed E-state index contributed by atoms with van der Waals surface area (Å²) in [5, 5.41) is 12.4. The van der Waals surface area contributed by atoms with E-state index in [1.807, 2.05) is 44.2 Å². The lowest BCUT2D eigenvalue weighted by Crippen LogP contribution is -2.28. The van der Waals surface area contributed by atoms with Crippen molar-refractivity contribution in [2.45, 2.75) is 50.6 Å². The smallest absolute Gasteiger partial charge is 0.335 e. The Bertz CT molecular complexity index is 882. The molecule has 0 radical (unpaired) electrons. The van der Waals surface area contributed by atoms with Gasteiger partial charge in [-0.15, -0.1) is 0 Å². The van der Waals surface area contributed by atoms with Crippen LogP contribution in [-0.4, -0.2) is 25.5 Å². The molecule has 2 rings (SSSR count). The molecule has 0 aliphatic rings. The summed E-state index contributed by atoms with van der Waals surface area (Å²) in [5.74, 6) is -1.17. The normalized spacial score (nSPS) is 13.7. The Morgan fingerprint density at radius 2 is 1.78 bits per heavy atom. The number of aromatic carboxylic acids is 1. The lowest BCUT2D eigenvalue weighted by molar-refractivity contribution is 0.0696. The number of benzene rings is 2. The molecule has 0 aromatic heterocycles. The van der Waals surface area contributed by atoms with Gasteiger partial charge in [-0.3, -0.25) is 0 Å². The number of hydrogen-bond donors (Lipinski definition) is 3. The highest BCUT2D eigenvalue weighted by atomic mass is 32.2. The van der Waals surface area contributed by atoms with E-state index in [-0.39, 0.29) is 16.5 Å². The number of carbonyl (C=O) groups is 1. The number of carboxylic acids is 1. The molecule has 3 N–H and O–H groups in total. The van der Waals surface area contributed by atoms with E-state index in [1.54, 1.807) is 6.92 Å². The Labute approximate surface area is 160 Å². The number of anilines is 1. The zero-order valence-corrected chi connectivity index (χ0v) is 16.6. The largest absolute Gasteiger partial charge is 0.478 e. The summed E-state index contributed by atoms with van der Waals surface area (Å²) >= 11 is 0. The van der Waals surface area contributed by atoms with Gasteiger partial charge in [0.2, 0.25) is 10.0 Å². The molecule has 0 bridgehead atoms. The van der Waals surface area contributed by atoms with Crippen molar-refractivity contribution in [3.63, 3.8) is 0 Å². The average molecular weight is 391 g/mol. The highest BCUT2D eigenvalue weighted by Crippen LogP contribution is 2.26. The van der Waals surface area contributed by atoms with Crippen LogP contribution < -0.4 is 10.0 Å². The van der Waals surface area contributed by atoms with Gasteiger partial charge in [0.25, 0.3) is 0 Å². The van der Waals surface area contributed by atoms with Crippen molar-refractivity contribution >= 4 is 21.7 Å². The number of sulfonamides is 1. The first-order chi connectivity index (χ1) is 12.7. The fourth-order valence-corrected chi connectivity index (χ4v) is 4.30. The van der Waals surface area contributed by atoms with Crippen LogP contribution in [0.15, 0.2) is 53.4 Å². The van der Waals surface area contributed by atoms with E-state index in [2.05, 4.69) is 10.0 Å². The molecular formula is C20H26N2O4S. The summed E-state index contributed by atoms with van der Waals surface area (Å²) in [6.07, 6.45) is 1.82. The molecule has 6 nitrogen and oxygen atoms in total. The first kappa shape index (κ1) is 20.9. The standard InChI is InChI=1S/C20H26N2O4S/c1-4-8-14(2)21-18-12-11-17(20(23)24)13-19(18)27(25,26)22-15(3)16-9-6-5-7-10-16/h5-7,9-15,21-22H,4,8H2,1-3H3,(H,23,24)/t14-,15-/m1/s1. The van der Waals surface area contributed by atoms with Crippen LogP contribution in [0, 0.1) is 0 Å². The van der Waals surface area contributed by atoms with Gasteiger partial charge in [-0.1, -0.05) is 43.7 Å². The van der Waals surface area contributed by atoms with Crippen LogP contribution >= 0.6 is 0 Å². The Balaban J connectivity index is 2.39. The van der Waals surface area contributed by atoms with Crippen molar-refractivity contribution in [2.75, 3.05) is 5.32 Å². The summed E-state index contributed by atoms with van der Waals surface area (Å²) in [6.45, 7) is 5.76. The fourth-order valence-electron chi connectivity index (χ4n) is 2.87. The molecular weight excluding hydrogens is 364 g/mol. The number of nitrogens with one attached hydrogen (secondary N) is 2. The van der Waals surface area contributed by atoms with Gasteiger partial charge in [-0.05, 0) is 44.0 Å². The van der Waals surface area contributed by atoms with Crippen LogP contribution in [-0.2, 0) is 10.0 Å². The van der Waals surface area contributed by atoms with E-state index >= 15 is 0 Å². The predicted molar refractivity (Wildman–Crippen MR) is 107 cm³/mol. The van der Waals surface area contributed by atoms with Crippen LogP contribution in [0.2, 0.25) is 0 Å². The second-order valence-corrected chi connectivity index (χ2v) is 8.29. The van der Waals surface area contributed by atoms with Gasteiger partial charge in [-0.2, -0.15) is 0 Å². The molecule has 27 heavy (non-hydrogen) atoms. The molecule has 7 heteroatoms. The lowest BCUT2D eigenvalue weighted by Gasteiger charge is -2.20. The Hall–Kier alpha value is -2.38. The lowest BCUT2D eigenvalue weighted by atomic mass is 10.1. The van der Waals surface area contributed by atoms with Crippen molar-refractivity contribution in [1.29, 1.82) is 0 Å². The van der Waals surface area contributed by atoms with Gasteiger partial charge < -0.3 is 10.4 Å². The van der Waals surface area contributed by atoms with Crippen LogP contribution in [0.4, 0.5) is 5.69 Å². The molecule has 2 aromatic carbocycles. The van der Waals surface area contributed by atoms with Gasteiger partial charge in [0.05, 0.1) is 11.3 Å². The van der Waals surface area contributed by atoms with Crippen LogP contribution in [0.3, 0.4) is 0 Å². The molecule has 0 amide bonds. The van der Waals surface area contributed by atoms with Crippen molar-refractivity contribution in [2.24, 2.45) is 0 Å². The molecule has 2 atom stereocenters. The minimum atomic E-state index is -3.93. The van der Waals surface area contributed by atoms with Gasteiger partial charge in [0.15, 0.2) is 0 Å². The SMILES string of the molecule is CCC[C@@H](C)Nc1ccc(C(=O)O)cc1S(=O)(=O)N[C@H](C)c1ccccc1. The third-order valence-electron chi connectivity index (χ3n) is 4.27. The van der Waals surface area contributed by atoms with Gasteiger partial charge >= 0.3 is 5.97 Å². The van der Waals surface area contributed by atoms with Gasteiger partial charge in [0, 0.05) is 12.1 Å². The molecule has 0 aliphatic carbocycles. The maximum Gasteiger partial charge on any atom is 0.335 e. The van der Waals surface area contributed by atoms with Crippen LogP contribution in [0.1, 0.15) is 55.6 Å². The van der Waals surface area contributed by atoms with E-state index in [4.69, 9.17) is 0 Å². The predicted octanol–water partition coefficient (Wildman–Crippen LogP) is 4.02. The number of rotatable bonds is 9. The summed E-state index contributed by atoms with van der Waals surface area (Å²) in [5.41, 5.74) is 1.15. The maximum absolute atomic E-state index is 13.0. The second kappa shape index (κ2) is 9.01. The first-order valence-electron chi connectivity index (χ1n) is 8.95. The zero-order chi connectivity index (χ0) is 20.0. The Morgan fingerprint density at radius 3 is 2.37 bits per heavy atom. The van der Waals surface area contributed by atoms with E-state index < -0.39 is 22.0 Å². The molecule has 0 heterocycles. The molecule has 2 aromatic rings. The van der Waals surface area contributed by atoms with Crippen LogP contribution in [0.5, 0.6) is 0 Å². The van der Waals surface area contributed by atoms with Crippen LogP contribution in [0.25, 0.3) is 0 Å². The average Bonchev–Trinajstić information content (AvgIpc) is 2.62. The Kier molecular flexibility index (Phi) is 6.98. The molecule has 0 aliphatic heterocycles. The summed E-state index contributed by atoms with van der Waals surface area (Å²) in [4.78, 5) is 11.3. The van der Waals surface area contributed by atoms with Crippen molar-refractivity contribution in [3.8, 4) is 0 Å². The second-order valence-electron chi connectivity index (χ2n) is 6.60. The van der Waals surface area contributed by atoms with E-state index in [1.165, 1.54) is 18.2 Å². The molecule has 0 unspecified atom stereocenters. The third kappa shape index (κ3) is 5.55. The minimum Gasteiger partial charge on any atom is -0.478 e. The van der Waals surface area contributed by atoms with Gasteiger partial charge in [0.1, 0.15) is 4.90 Å². The van der Waals surface area contributed by atoms with Gasteiger partial charge in [-0.25, -0.2) is 17.9 Å². The van der Waals surface area contributed by atoms with Crippen molar-refractivity contribution in [1.82, 2.24) is 4.72 Å². The summed E-state index contributed by atoms with van der Waals surface area (Å²) in [7, 11) is -3.93. The van der Waals surface area contributed by atoms with E-state index in [9.17, 15) is 18.3 Å². The fraction of sp³-hybridized carbons (Fsp3) is 0.350. The molecule has 146 valence electrons. The van der Waals surface area contributed by atoms with E-state index in [0.717, 1.165) is 18.4 Å². The molecule has 0 saturated heterocycles. The summed E-state index contributed by atoms with van der Waals surface area (Å²) < 4.78 is 28.7. The van der Waals surface area contributed by atoms with E-state index in [0.29, 0.717) is 5.69 Å². The van der Waals surface area contributed by atoms with Crippen molar-refractivity contribution in [3.05, 3.63) is 59.7 Å². The topological polar surface area (TPSA) is 95.5 Å². The highest BCUT2D eigenvalue weighted by Gasteiger charge is 2.24. The Morgan fingerprint density at radius 1 is 1.11 bits per heavy atom. The summed E-state index contributed by atoms with van der Waals surface area (Å²) in [6, 6.07) is 12.9. The quantitative estimate of drug-likeness (QED) is 0.601. The molecule has 0 spiro atoms. The van der Waals surface area contributed by atoms with Crippen molar-refractivity contribution < 1.29 is 18.3 Å². The monoisotopic (exact) mass is 390 g/mol. The zero-order valence-electron chi connectivity index (χ0n) is 15.8. The highest BCUT2D eigenvalue weighted by molar-refractivity contribution is 7.89. The molecule has 0 saturated carbocycles. The third-order valence-corrected chi connectivity index (χ3v) is 5.85. The molecule has 0 fully saturated rings.